The summed E-state index contributed by atoms with van der Waals surface area (Å²) < 4.78 is 4.95. The molecule has 2 unspecified atom stereocenters. The molecule has 1 aliphatic rings. The van der Waals surface area contributed by atoms with E-state index < -0.39 is 12.0 Å². The van der Waals surface area contributed by atoms with Gasteiger partial charge in [-0.25, -0.2) is 0 Å². The molecule has 1 rings (SSSR count). The lowest BCUT2D eigenvalue weighted by molar-refractivity contribution is -0.138. The van der Waals surface area contributed by atoms with E-state index in [0.717, 1.165) is 19.3 Å². The average molecular weight is 198 g/mol. The van der Waals surface area contributed by atoms with Gasteiger partial charge in [0, 0.05) is 13.5 Å². The van der Waals surface area contributed by atoms with Gasteiger partial charge in [-0.3, -0.25) is 9.59 Å². The minimum absolute atomic E-state index is 0.0422. The maximum atomic E-state index is 11.7. The van der Waals surface area contributed by atoms with Crippen LogP contribution in [0, 0.1) is 5.92 Å². The van der Waals surface area contributed by atoms with Crippen LogP contribution in [0.15, 0.2) is 0 Å². The Labute approximate surface area is 84.8 Å². The Kier molecular flexibility index (Phi) is 4.26. The number of methoxy groups -OCH3 is 1. The molecule has 0 radical (unpaired) electrons. The molecule has 1 saturated carbocycles. The maximum Gasteiger partial charge on any atom is 0.171 e. The number of Topliss-reactive ketones (excluding diaryl/α,β-unsaturated/α-hetero) is 2. The van der Waals surface area contributed by atoms with Crippen molar-refractivity contribution in [1.82, 2.24) is 0 Å². The van der Waals surface area contributed by atoms with Crippen molar-refractivity contribution >= 4 is 11.6 Å². The van der Waals surface area contributed by atoms with Crippen molar-refractivity contribution < 1.29 is 14.3 Å². The van der Waals surface area contributed by atoms with Crippen LogP contribution in [0.2, 0.25) is 0 Å². The van der Waals surface area contributed by atoms with Crippen LogP contribution in [0.4, 0.5) is 0 Å². The van der Waals surface area contributed by atoms with E-state index in [4.69, 9.17) is 4.74 Å². The third kappa shape index (κ3) is 2.64. The summed E-state index contributed by atoms with van der Waals surface area (Å²) in [6.07, 6.45) is 3.82. The Hall–Kier alpha value is -0.700. The van der Waals surface area contributed by atoms with Gasteiger partial charge in [-0.15, -0.1) is 0 Å². The second-order valence-electron chi connectivity index (χ2n) is 3.90. The molecule has 1 aliphatic carbocycles. The van der Waals surface area contributed by atoms with Crippen LogP contribution in [0.5, 0.6) is 0 Å². The summed E-state index contributed by atoms with van der Waals surface area (Å²) in [4.78, 5) is 23.3. The Bertz CT molecular complexity index is 223. The largest absolute Gasteiger partial charge is 0.374 e. The zero-order chi connectivity index (χ0) is 10.6. The molecule has 0 aliphatic heterocycles. The molecule has 2 atom stereocenters. The van der Waals surface area contributed by atoms with Crippen LogP contribution in [0.1, 0.15) is 39.0 Å². The standard InChI is InChI=1S/C11H18O3/c1-8(14-2)11(13)9-6-4-3-5-7-10(9)12/h8-9H,3-7H2,1-2H3. The molecule has 0 bridgehead atoms. The lowest BCUT2D eigenvalue weighted by Gasteiger charge is -2.15. The molecule has 0 aromatic carbocycles. The average Bonchev–Trinajstić information content (AvgIpc) is 2.40. The van der Waals surface area contributed by atoms with Gasteiger partial charge in [0.25, 0.3) is 0 Å². The first-order chi connectivity index (χ1) is 6.66. The molecule has 0 heterocycles. The van der Waals surface area contributed by atoms with Crippen molar-refractivity contribution in [2.75, 3.05) is 7.11 Å². The molecule has 0 N–H and O–H groups in total. The number of hydrogen-bond donors (Lipinski definition) is 0. The maximum absolute atomic E-state index is 11.7. The highest BCUT2D eigenvalue weighted by Crippen LogP contribution is 2.22. The number of hydrogen-bond acceptors (Lipinski definition) is 3. The Morgan fingerprint density at radius 2 is 2.14 bits per heavy atom. The van der Waals surface area contributed by atoms with Gasteiger partial charge in [-0.2, -0.15) is 0 Å². The molecule has 3 heteroatoms. The van der Waals surface area contributed by atoms with E-state index in [0.29, 0.717) is 12.8 Å². The molecule has 0 aromatic rings. The highest BCUT2D eigenvalue weighted by atomic mass is 16.5. The molecule has 0 spiro atoms. The lowest BCUT2D eigenvalue weighted by atomic mass is 9.91. The highest BCUT2D eigenvalue weighted by Gasteiger charge is 2.30. The fraction of sp³-hybridized carbons (Fsp3) is 0.818. The number of carbonyl (C=O) groups is 2. The van der Waals surface area contributed by atoms with Gasteiger partial charge in [-0.1, -0.05) is 12.8 Å². The first-order valence-corrected chi connectivity index (χ1v) is 5.26. The zero-order valence-corrected chi connectivity index (χ0v) is 8.91. The van der Waals surface area contributed by atoms with Gasteiger partial charge in [0.1, 0.15) is 11.9 Å². The minimum Gasteiger partial charge on any atom is -0.374 e. The minimum atomic E-state index is -0.443. The molecule has 3 nitrogen and oxygen atoms in total. The second-order valence-corrected chi connectivity index (χ2v) is 3.90. The second kappa shape index (κ2) is 5.25. The van der Waals surface area contributed by atoms with Crippen LogP contribution in [-0.2, 0) is 14.3 Å². The number of ketones is 2. The van der Waals surface area contributed by atoms with E-state index in [-0.39, 0.29) is 11.6 Å². The Morgan fingerprint density at radius 3 is 2.79 bits per heavy atom. The lowest BCUT2D eigenvalue weighted by Crippen LogP contribution is -2.32. The Morgan fingerprint density at radius 1 is 1.43 bits per heavy atom. The van der Waals surface area contributed by atoms with Gasteiger partial charge < -0.3 is 4.74 Å². The van der Waals surface area contributed by atoms with Crippen LogP contribution in [0.25, 0.3) is 0 Å². The molecule has 14 heavy (non-hydrogen) atoms. The van der Waals surface area contributed by atoms with Gasteiger partial charge in [-0.05, 0) is 19.8 Å². The highest BCUT2D eigenvalue weighted by molar-refractivity contribution is 6.04. The Balaban J connectivity index is 2.63. The molecule has 0 amide bonds. The summed E-state index contributed by atoms with van der Waals surface area (Å²) in [6, 6.07) is 0. The predicted molar refractivity (Wildman–Crippen MR) is 53.1 cm³/mol. The third-order valence-electron chi connectivity index (χ3n) is 2.90. The first kappa shape index (κ1) is 11.4. The summed E-state index contributed by atoms with van der Waals surface area (Å²) in [7, 11) is 1.50. The SMILES string of the molecule is COC(C)C(=O)C1CCCCCC1=O. The summed E-state index contributed by atoms with van der Waals surface area (Å²) in [5, 5.41) is 0. The smallest absolute Gasteiger partial charge is 0.171 e. The van der Waals surface area contributed by atoms with Crippen molar-refractivity contribution in [3.8, 4) is 0 Å². The molecular formula is C11H18O3. The van der Waals surface area contributed by atoms with Gasteiger partial charge >= 0.3 is 0 Å². The van der Waals surface area contributed by atoms with Crippen LogP contribution in [-0.4, -0.2) is 24.8 Å². The fourth-order valence-electron chi connectivity index (χ4n) is 1.86. The zero-order valence-electron chi connectivity index (χ0n) is 8.91. The molecular weight excluding hydrogens is 180 g/mol. The number of ether oxygens (including phenoxy) is 1. The monoisotopic (exact) mass is 198 g/mol. The topological polar surface area (TPSA) is 43.4 Å². The van der Waals surface area contributed by atoms with E-state index in [1.807, 2.05) is 0 Å². The summed E-state index contributed by atoms with van der Waals surface area (Å²) in [6.45, 7) is 1.71. The van der Waals surface area contributed by atoms with Gasteiger partial charge in [0.2, 0.25) is 0 Å². The normalized spacial score (nSPS) is 25.6. The van der Waals surface area contributed by atoms with Crippen LogP contribution < -0.4 is 0 Å². The van der Waals surface area contributed by atoms with E-state index in [2.05, 4.69) is 0 Å². The van der Waals surface area contributed by atoms with Gasteiger partial charge in [0.15, 0.2) is 5.78 Å². The predicted octanol–water partition coefficient (Wildman–Crippen LogP) is 1.74. The first-order valence-electron chi connectivity index (χ1n) is 5.26. The van der Waals surface area contributed by atoms with Crippen molar-refractivity contribution in [3.05, 3.63) is 0 Å². The van der Waals surface area contributed by atoms with Crippen molar-refractivity contribution in [2.24, 2.45) is 5.92 Å². The molecule has 0 aromatic heterocycles. The van der Waals surface area contributed by atoms with Crippen molar-refractivity contribution in [3.63, 3.8) is 0 Å². The van der Waals surface area contributed by atoms with E-state index in [1.165, 1.54) is 7.11 Å². The van der Waals surface area contributed by atoms with E-state index in [1.54, 1.807) is 6.92 Å². The van der Waals surface area contributed by atoms with Crippen molar-refractivity contribution in [1.29, 1.82) is 0 Å². The van der Waals surface area contributed by atoms with Gasteiger partial charge in [0.05, 0.1) is 5.92 Å². The number of rotatable bonds is 3. The van der Waals surface area contributed by atoms with Crippen LogP contribution >= 0.6 is 0 Å². The summed E-state index contributed by atoms with van der Waals surface area (Å²) >= 11 is 0. The van der Waals surface area contributed by atoms with Crippen LogP contribution in [0.3, 0.4) is 0 Å². The van der Waals surface area contributed by atoms with E-state index in [9.17, 15) is 9.59 Å². The third-order valence-corrected chi connectivity index (χ3v) is 2.90. The van der Waals surface area contributed by atoms with Crippen molar-refractivity contribution in [2.45, 2.75) is 45.1 Å². The summed E-state index contributed by atoms with van der Waals surface area (Å²) in [5.74, 6) is -0.330. The molecule has 1 fully saturated rings. The molecule has 80 valence electrons. The summed E-state index contributed by atoms with van der Waals surface area (Å²) in [5.41, 5.74) is 0. The fourth-order valence-corrected chi connectivity index (χ4v) is 1.86. The molecule has 0 saturated heterocycles. The quantitative estimate of drug-likeness (QED) is 0.512. The van der Waals surface area contributed by atoms with E-state index >= 15 is 0 Å². The number of carbonyl (C=O) groups excluding carboxylic acids is 2.